The predicted molar refractivity (Wildman–Crippen MR) is 57.8 cm³/mol. The highest BCUT2D eigenvalue weighted by Gasteiger charge is 2.10. The monoisotopic (exact) mass is 184 g/mol. The van der Waals surface area contributed by atoms with Crippen LogP contribution in [0.2, 0.25) is 0 Å². The van der Waals surface area contributed by atoms with Gasteiger partial charge in [0.2, 0.25) is 0 Å². The Labute approximate surface area is 82.5 Å². The lowest BCUT2D eigenvalue weighted by molar-refractivity contribution is 0.341. The molecular weight excluding hydrogens is 160 g/mol. The van der Waals surface area contributed by atoms with Crippen molar-refractivity contribution in [2.45, 2.75) is 58.0 Å². The molecule has 1 atom stereocenters. The maximum Gasteiger partial charge on any atom is 0.0571 e. The summed E-state index contributed by atoms with van der Waals surface area (Å²) < 4.78 is 0. The molecule has 1 unspecified atom stereocenters. The van der Waals surface area contributed by atoms with Gasteiger partial charge in [-0.2, -0.15) is 0 Å². The molecule has 78 valence electrons. The van der Waals surface area contributed by atoms with Crippen LogP contribution in [0.5, 0.6) is 0 Å². The molecule has 0 bridgehead atoms. The molecule has 0 radical (unpaired) electrons. The highest BCUT2D eigenvalue weighted by Crippen LogP contribution is 2.04. The van der Waals surface area contributed by atoms with Gasteiger partial charge in [0.25, 0.3) is 0 Å². The van der Waals surface area contributed by atoms with Crippen LogP contribution in [0.4, 0.5) is 0 Å². The van der Waals surface area contributed by atoms with E-state index < -0.39 is 0 Å². The quantitative estimate of drug-likeness (QED) is 0.619. The first-order valence-electron chi connectivity index (χ1n) is 5.90. The van der Waals surface area contributed by atoms with Gasteiger partial charge in [-0.05, 0) is 38.8 Å². The molecule has 13 heavy (non-hydrogen) atoms. The maximum atomic E-state index is 3.57. The molecule has 1 rings (SSSR count). The molecule has 2 heteroatoms. The Kier molecular flexibility index (Phi) is 6.21. The van der Waals surface area contributed by atoms with Crippen LogP contribution >= 0.6 is 0 Å². The first kappa shape index (κ1) is 11.0. The van der Waals surface area contributed by atoms with Gasteiger partial charge in [-0.15, -0.1) is 0 Å². The van der Waals surface area contributed by atoms with Crippen molar-refractivity contribution in [3.63, 3.8) is 0 Å². The maximum absolute atomic E-state index is 3.57. The molecule has 0 saturated carbocycles. The van der Waals surface area contributed by atoms with Gasteiger partial charge < -0.3 is 10.6 Å². The van der Waals surface area contributed by atoms with Gasteiger partial charge in [-0.1, -0.05) is 26.2 Å². The number of hydrogen-bond donors (Lipinski definition) is 2. The van der Waals surface area contributed by atoms with Crippen LogP contribution in [0.3, 0.4) is 0 Å². The fraction of sp³-hybridized carbons (Fsp3) is 1.00. The van der Waals surface area contributed by atoms with Crippen molar-refractivity contribution in [3.8, 4) is 0 Å². The fourth-order valence-electron chi connectivity index (χ4n) is 1.85. The van der Waals surface area contributed by atoms with E-state index in [-0.39, 0.29) is 0 Å². The zero-order valence-electron chi connectivity index (χ0n) is 8.94. The first-order valence-corrected chi connectivity index (χ1v) is 5.90. The van der Waals surface area contributed by atoms with Gasteiger partial charge in [0.15, 0.2) is 0 Å². The summed E-state index contributed by atoms with van der Waals surface area (Å²) in [5.41, 5.74) is 0. The molecule has 1 aliphatic heterocycles. The van der Waals surface area contributed by atoms with Crippen molar-refractivity contribution in [1.82, 2.24) is 10.6 Å². The minimum atomic E-state index is 0.607. The Bertz CT molecular complexity index is 109. The number of rotatable bonds is 6. The summed E-state index contributed by atoms with van der Waals surface area (Å²) in [6.45, 7) is 4.65. The second-order valence-electron chi connectivity index (χ2n) is 4.02. The second-order valence-corrected chi connectivity index (χ2v) is 4.02. The largest absolute Gasteiger partial charge is 0.302 e. The van der Waals surface area contributed by atoms with Gasteiger partial charge in [0.05, 0.1) is 6.17 Å². The van der Waals surface area contributed by atoms with E-state index in [4.69, 9.17) is 0 Å². The smallest absolute Gasteiger partial charge is 0.0571 e. The van der Waals surface area contributed by atoms with Gasteiger partial charge in [0.1, 0.15) is 0 Å². The molecule has 0 aromatic rings. The SMILES string of the molecule is CCCCCCNC1CCCCN1. The third-order valence-corrected chi connectivity index (χ3v) is 2.73. The Balaban J connectivity index is 1.86. The summed E-state index contributed by atoms with van der Waals surface area (Å²) in [5, 5.41) is 7.07. The van der Waals surface area contributed by atoms with E-state index in [1.165, 1.54) is 58.0 Å². The van der Waals surface area contributed by atoms with Crippen molar-refractivity contribution >= 4 is 0 Å². The molecule has 0 aliphatic carbocycles. The molecule has 1 saturated heterocycles. The lowest BCUT2D eigenvalue weighted by atomic mass is 10.1. The summed E-state index contributed by atoms with van der Waals surface area (Å²) in [6, 6.07) is 0. The minimum Gasteiger partial charge on any atom is -0.302 e. The number of unbranched alkanes of at least 4 members (excludes halogenated alkanes) is 3. The highest BCUT2D eigenvalue weighted by molar-refractivity contribution is 4.69. The minimum absolute atomic E-state index is 0.607. The second kappa shape index (κ2) is 7.34. The van der Waals surface area contributed by atoms with E-state index in [9.17, 15) is 0 Å². The lowest BCUT2D eigenvalue weighted by Crippen LogP contribution is -2.45. The van der Waals surface area contributed by atoms with E-state index in [1.54, 1.807) is 0 Å². The lowest BCUT2D eigenvalue weighted by Gasteiger charge is -2.24. The van der Waals surface area contributed by atoms with Crippen LogP contribution in [0.25, 0.3) is 0 Å². The number of nitrogens with one attached hydrogen (secondary N) is 2. The normalized spacial score (nSPS) is 23.3. The van der Waals surface area contributed by atoms with E-state index in [2.05, 4.69) is 17.6 Å². The molecule has 1 heterocycles. The van der Waals surface area contributed by atoms with E-state index in [1.807, 2.05) is 0 Å². The summed E-state index contributed by atoms with van der Waals surface area (Å²) in [7, 11) is 0. The van der Waals surface area contributed by atoms with Crippen LogP contribution in [-0.4, -0.2) is 19.3 Å². The summed E-state index contributed by atoms with van der Waals surface area (Å²) >= 11 is 0. The average Bonchev–Trinajstić information content (AvgIpc) is 2.19. The van der Waals surface area contributed by atoms with Gasteiger partial charge >= 0.3 is 0 Å². The Morgan fingerprint density at radius 2 is 2.15 bits per heavy atom. The van der Waals surface area contributed by atoms with Crippen molar-refractivity contribution in [3.05, 3.63) is 0 Å². The zero-order valence-corrected chi connectivity index (χ0v) is 8.94. The molecule has 1 aliphatic rings. The molecule has 0 aromatic carbocycles. The Hall–Kier alpha value is -0.0800. The third kappa shape index (κ3) is 5.27. The van der Waals surface area contributed by atoms with Gasteiger partial charge in [-0.25, -0.2) is 0 Å². The van der Waals surface area contributed by atoms with Crippen molar-refractivity contribution in [2.24, 2.45) is 0 Å². The molecule has 0 amide bonds. The van der Waals surface area contributed by atoms with E-state index in [0.29, 0.717) is 6.17 Å². The van der Waals surface area contributed by atoms with Crippen LogP contribution < -0.4 is 10.6 Å². The highest BCUT2D eigenvalue weighted by atomic mass is 15.1. The van der Waals surface area contributed by atoms with Crippen LogP contribution in [0.1, 0.15) is 51.9 Å². The zero-order chi connectivity index (χ0) is 9.36. The third-order valence-electron chi connectivity index (χ3n) is 2.73. The molecule has 0 spiro atoms. The summed E-state index contributed by atoms with van der Waals surface area (Å²) in [6.07, 6.45) is 10.1. The summed E-state index contributed by atoms with van der Waals surface area (Å²) in [5.74, 6) is 0. The Morgan fingerprint density at radius 3 is 2.85 bits per heavy atom. The van der Waals surface area contributed by atoms with Gasteiger partial charge in [-0.3, -0.25) is 0 Å². The van der Waals surface area contributed by atoms with Crippen LogP contribution in [0.15, 0.2) is 0 Å². The average molecular weight is 184 g/mol. The van der Waals surface area contributed by atoms with Gasteiger partial charge in [0, 0.05) is 0 Å². The molecular formula is C11H24N2. The number of hydrogen-bond acceptors (Lipinski definition) is 2. The first-order chi connectivity index (χ1) is 6.43. The predicted octanol–water partition coefficient (Wildman–Crippen LogP) is 2.26. The fourth-order valence-corrected chi connectivity index (χ4v) is 1.85. The molecule has 2 N–H and O–H groups in total. The van der Waals surface area contributed by atoms with Crippen molar-refractivity contribution < 1.29 is 0 Å². The van der Waals surface area contributed by atoms with Crippen molar-refractivity contribution in [1.29, 1.82) is 0 Å². The van der Waals surface area contributed by atoms with Crippen LogP contribution in [-0.2, 0) is 0 Å². The standard InChI is InChI=1S/C11H24N2/c1-2-3-4-6-9-12-11-8-5-7-10-13-11/h11-13H,2-10H2,1H3. The van der Waals surface area contributed by atoms with E-state index >= 15 is 0 Å². The van der Waals surface area contributed by atoms with Crippen molar-refractivity contribution in [2.75, 3.05) is 13.1 Å². The Morgan fingerprint density at radius 1 is 1.23 bits per heavy atom. The summed E-state index contributed by atoms with van der Waals surface area (Å²) in [4.78, 5) is 0. The molecule has 2 nitrogen and oxygen atoms in total. The topological polar surface area (TPSA) is 24.1 Å². The molecule has 1 fully saturated rings. The number of piperidine rings is 1. The van der Waals surface area contributed by atoms with E-state index in [0.717, 1.165) is 0 Å². The van der Waals surface area contributed by atoms with Crippen LogP contribution in [0, 0.1) is 0 Å². The molecule has 0 aromatic heterocycles.